The summed E-state index contributed by atoms with van der Waals surface area (Å²) in [7, 11) is 0. The second-order valence-electron chi connectivity index (χ2n) is 11.3. The molecule has 4 saturated heterocycles. The van der Waals surface area contributed by atoms with Crippen molar-refractivity contribution in [2.75, 3.05) is 19.8 Å². The quantitative estimate of drug-likeness (QED) is 0.111. The lowest BCUT2D eigenvalue weighted by atomic mass is 9.95. The zero-order chi connectivity index (χ0) is 32.5. The summed E-state index contributed by atoms with van der Waals surface area (Å²) in [6.45, 7) is 0.655. The summed E-state index contributed by atoms with van der Waals surface area (Å²) in [5.74, 6) is -0.671. The Morgan fingerprint density at radius 3 is 1.93 bits per heavy atom. The molecular weight excluding hydrogens is 602 g/mol. The molecule has 0 saturated carbocycles. The van der Waals surface area contributed by atoms with Crippen LogP contribution in [0.3, 0.4) is 0 Å². The third-order valence-corrected chi connectivity index (χ3v) is 8.00. The third-order valence-electron chi connectivity index (χ3n) is 8.00. The predicted octanol–water partition coefficient (Wildman–Crippen LogP) is -6.91. The van der Waals surface area contributed by atoms with Crippen LogP contribution in [0.4, 0.5) is 0 Å². The van der Waals surface area contributed by atoms with Crippen molar-refractivity contribution in [2.24, 2.45) is 0 Å². The molecule has 44 heavy (non-hydrogen) atoms. The zero-order valence-electron chi connectivity index (χ0n) is 24.0. The molecule has 0 aromatic carbocycles. The molecule has 1 amide bonds. The molecule has 4 aliphatic heterocycles. The highest BCUT2D eigenvalue weighted by atomic mass is 16.8. The van der Waals surface area contributed by atoms with Gasteiger partial charge in [0.2, 0.25) is 5.91 Å². The predicted molar refractivity (Wildman–Crippen MR) is 137 cm³/mol. The van der Waals surface area contributed by atoms with Gasteiger partial charge in [0.05, 0.1) is 32.0 Å². The van der Waals surface area contributed by atoms with Gasteiger partial charge in [0.15, 0.2) is 25.2 Å². The number of nitrogens with one attached hydrogen (secondary N) is 1. The lowest BCUT2D eigenvalue weighted by Crippen LogP contribution is -2.69. The summed E-state index contributed by atoms with van der Waals surface area (Å²) in [5.41, 5.74) is 0. The Labute approximate surface area is 251 Å². The van der Waals surface area contributed by atoms with E-state index in [1.54, 1.807) is 0 Å². The number of rotatable bonds is 9. The summed E-state index contributed by atoms with van der Waals surface area (Å²) in [6.07, 6.45) is -26.7. The van der Waals surface area contributed by atoms with Crippen molar-refractivity contribution in [3.63, 3.8) is 0 Å². The number of hydrogen-bond acceptors (Lipinski definition) is 18. The van der Waals surface area contributed by atoms with Gasteiger partial charge in [-0.1, -0.05) is 0 Å². The van der Waals surface area contributed by atoms with Gasteiger partial charge in [-0.05, 0) is 6.92 Å². The molecule has 0 bridgehead atoms. The van der Waals surface area contributed by atoms with Crippen LogP contribution >= 0.6 is 0 Å². The summed E-state index contributed by atoms with van der Waals surface area (Å²) >= 11 is 0. The number of carbonyl (C=O) groups excluding carboxylic acids is 1. The summed E-state index contributed by atoms with van der Waals surface area (Å²) < 4.78 is 39.7. The van der Waals surface area contributed by atoms with Crippen LogP contribution in [0.5, 0.6) is 0 Å². The number of ether oxygens (including phenoxy) is 7. The van der Waals surface area contributed by atoms with Crippen LogP contribution in [-0.2, 0) is 38.0 Å². The minimum Gasteiger partial charge on any atom is -0.394 e. The van der Waals surface area contributed by atoms with E-state index in [4.69, 9.17) is 33.2 Å². The zero-order valence-corrected chi connectivity index (χ0v) is 24.0. The molecule has 4 fully saturated rings. The topological polar surface area (TPSA) is 296 Å². The molecule has 18 atom stereocenters. The maximum Gasteiger partial charge on any atom is 0.217 e. The highest BCUT2D eigenvalue weighted by molar-refractivity contribution is 5.73. The first-order valence-corrected chi connectivity index (χ1v) is 14.2. The average molecular weight is 646 g/mol. The van der Waals surface area contributed by atoms with E-state index in [2.05, 4.69) is 5.32 Å². The van der Waals surface area contributed by atoms with Crippen molar-refractivity contribution in [3.05, 3.63) is 0 Å². The first-order chi connectivity index (χ1) is 20.8. The van der Waals surface area contributed by atoms with Crippen LogP contribution in [0.2, 0.25) is 0 Å². The smallest absolute Gasteiger partial charge is 0.217 e. The van der Waals surface area contributed by atoms with Crippen LogP contribution in [0, 0.1) is 0 Å². The molecule has 256 valence electrons. The van der Waals surface area contributed by atoms with E-state index in [1.165, 1.54) is 6.92 Å². The van der Waals surface area contributed by atoms with Gasteiger partial charge in [-0.25, -0.2) is 0 Å². The van der Waals surface area contributed by atoms with Crippen molar-refractivity contribution in [1.29, 1.82) is 0 Å². The highest BCUT2D eigenvalue weighted by Crippen LogP contribution is 2.35. The van der Waals surface area contributed by atoms with Crippen molar-refractivity contribution in [3.8, 4) is 0 Å². The minimum absolute atomic E-state index is 0.159. The van der Waals surface area contributed by atoms with E-state index in [0.29, 0.717) is 0 Å². The molecule has 0 radical (unpaired) electrons. The average Bonchev–Trinajstić information content (AvgIpc) is 2.97. The molecule has 11 N–H and O–H groups in total. The summed E-state index contributed by atoms with van der Waals surface area (Å²) in [4.78, 5) is 12.0. The van der Waals surface area contributed by atoms with Crippen molar-refractivity contribution >= 4 is 5.91 Å². The van der Waals surface area contributed by atoms with Gasteiger partial charge in [0.1, 0.15) is 73.2 Å². The first-order valence-electron chi connectivity index (χ1n) is 14.2. The van der Waals surface area contributed by atoms with Crippen molar-refractivity contribution in [2.45, 2.75) is 131 Å². The number of aliphatic hydroxyl groups excluding tert-OH is 10. The van der Waals surface area contributed by atoms with Crippen LogP contribution < -0.4 is 5.32 Å². The van der Waals surface area contributed by atoms with Gasteiger partial charge >= 0.3 is 0 Å². The first kappa shape index (κ1) is 35.6. The monoisotopic (exact) mass is 645 g/mol. The highest BCUT2D eigenvalue weighted by Gasteiger charge is 2.55. The van der Waals surface area contributed by atoms with Crippen molar-refractivity contribution in [1.82, 2.24) is 5.32 Å². The summed E-state index contributed by atoms with van der Waals surface area (Å²) in [5, 5.41) is 106. The summed E-state index contributed by atoms with van der Waals surface area (Å²) in [6, 6.07) is -1.48. The van der Waals surface area contributed by atoms with E-state index in [9.17, 15) is 55.9 Å². The molecule has 0 spiro atoms. The Kier molecular flexibility index (Phi) is 12.3. The Morgan fingerprint density at radius 1 is 0.727 bits per heavy atom. The maximum atomic E-state index is 12.0. The Hall–Kier alpha value is -1.21. The van der Waals surface area contributed by atoms with E-state index in [0.717, 1.165) is 6.92 Å². The van der Waals surface area contributed by atoms with E-state index in [-0.39, 0.29) is 13.0 Å². The molecule has 4 aliphatic rings. The van der Waals surface area contributed by atoms with Gasteiger partial charge < -0.3 is 89.5 Å². The van der Waals surface area contributed by atoms with E-state index < -0.39 is 130 Å². The fraction of sp³-hybridized carbons (Fsp3) is 0.960. The number of carbonyl (C=O) groups is 1. The van der Waals surface area contributed by atoms with E-state index >= 15 is 0 Å². The maximum absolute atomic E-state index is 12.0. The minimum atomic E-state index is -1.83. The molecule has 19 nitrogen and oxygen atoms in total. The Morgan fingerprint density at radius 2 is 1.32 bits per heavy atom. The lowest BCUT2D eigenvalue weighted by molar-refractivity contribution is -0.394. The lowest BCUT2D eigenvalue weighted by Gasteiger charge is -2.50. The molecular formula is C25H43NO18. The largest absolute Gasteiger partial charge is 0.394 e. The second kappa shape index (κ2) is 15.1. The van der Waals surface area contributed by atoms with Gasteiger partial charge in [-0.15, -0.1) is 0 Å². The standard InChI is InChI=1S/C25H43NO18/c1-7-14(32)19(18(36)22(37)39-7)42-25-21(44-24-13(26-8(2)29)17(35)15(33)11(4-27)40-24)20(16(34)12(5-28)41-25)43-23-10(31)3-9(30)6-38-23/h7,9-25,27-28,30-37H,3-6H2,1-2H3,(H,26,29)/t7-,9-,10+,11+,12+,13+,14+,15-,16+,17+,18-,19+,20-,21-,22+,23+,24-,25+/m0/s1. The normalized spacial score (nSPS) is 50.3. The molecule has 0 aliphatic carbocycles. The fourth-order valence-electron chi connectivity index (χ4n) is 5.58. The van der Waals surface area contributed by atoms with Crippen molar-refractivity contribution < 1.29 is 89.0 Å². The van der Waals surface area contributed by atoms with Gasteiger partial charge in [-0.3, -0.25) is 4.79 Å². The number of amides is 1. The molecule has 4 rings (SSSR count). The van der Waals surface area contributed by atoms with Crippen LogP contribution in [0.15, 0.2) is 0 Å². The Balaban J connectivity index is 1.71. The SMILES string of the molecule is CC(=O)N[C@H]1[C@H](O[C@@H]2[C@@H](O[C@@H]3[C@H](O)[C@H](C)O[C@@H](O)[C@H]3O)O[C@H](CO)[C@@H](O)[C@@H]2O[C@H]2OC[C@@H](O)C[C@H]2O)O[C@H](CO)[C@H](O)[C@@H]1O. The molecule has 4 heterocycles. The third kappa shape index (κ3) is 7.66. The fourth-order valence-corrected chi connectivity index (χ4v) is 5.58. The van der Waals surface area contributed by atoms with Crippen LogP contribution in [-0.4, -0.2) is 187 Å². The van der Waals surface area contributed by atoms with E-state index in [1.807, 2.05) is 0 Å². The molecule has 0 unspecified atom stereocenters. The number of hydrogen-bond donors (Lipinski definition) is 11. The molecule has 19 heteroatoms. The molecule has 0 aromatic heterocycles. The van der Waals surface area contributed by atoms with Gasteiger partial charge in [0, 0.05) is 13.3 Å². The Bertz CT molecular complexity index is 920. The van der Waals surface area contributed by atoms with Crippen LogP contribution in [0.25, 0.3) is 0 Å². The second-order valence-corrected chi connectivity index (χ2v) is 11.3. The number of aliphatic hydroxyl groups is 10. The van der Waals surface area contributed by atoms with Crippen LogP contribution in [0.1, 0.15) is 20.3 Å². The van der Waals surface area contributed by atoms with Gasteiger partial charge in [-0.2, -0.15) is 0 Å². The van der Waals surface area contributed by atoms with Gasteiger partial charge in [0.25, 0.3) is 0 Å². The molecule has 0 aromatic rings.